The van der Waals surface area contributed by atoms with Gasteiger partial charge in [-0.3, -0.25) is 4.55 Å². The number of unbranched alkanes of at least 4 members (excludes halogenated alkanes) is 2. The lowest BCUT2D eigenvalue weighted by Gasteiger charge is -2.11. The monoisotopic (exact) mass is 412 g/mol. The summed E-state index contributed by atoms with van der Waals surface area (Å²) in [6.45, 7) is 1.33. The minimum absolute atomic E-state index is 0.641. The van der Waals surface area contributed by atoms with Crippen LogP contribution >= 0.6 is 0 Å². The van der Waals surface area contributed by atoms with E-state index in [1.807, 2.05) is 30.3 Å². The Bertz CT molecular complexity index is 802. The number of anilines is 2. The molecule has 0 saturated carbocycles. The molecule has 0 bridgehead atoms. The van der Waals surface area contributed by atoms with Crippen LogP contribution in [0.5, 0.6) is 17.2 Å². The van der Waals surface area contributed by atoms with E-state index in [-0.39, 0.29) is 0 Å². The van der Waals surface area contributed by atoms with Gasteiger partial charge in [0.15, 0.2) is 11.5 Å². The normalized spacial score (nSPS) is 10.5. The average Bonchev–Trinajstić information content (AvgIpc) is 2.62. The standard InChI is InChI=1S/C18H24N2O3.CH4O3S/c1-21-18-13-15(20)7-10-17(18)23-12-4-2-3-11-22-16-8-5-14(19)6-9-16;1-5(2,3)4/h5-10,13H,2-4,11-12,19-20H2,1H3;1H3,(H,2,3,4). The van der Waals surface area contributed by atoms with E-state index >= 15 is 0 Å². The van der Waals surface area contributed by atoms with Crippen LogP contribution in [-0.4, -0.2) is 39.5 Å². The Hall–Kier alpha value is -2.65. The second-order valence-corrected chi connectivity index (χ2v) is 7.44. The number of rotatable bonds is 9. The topological polar surface area (TPSA) is 134 Å². The van der Waals surface area contributed by atoms with E-state index in [2.05, 4.69) is 0 Å². The van der Waals surface area contributed by atoms with Crippen LogP contribution in [-0.2, 0) is 10.1 Å². The van der Waals surface area contributed by atoms with Gasteiger partial charge in [-0.1, -0.05) is 0 Å². The molecule has 0 aliphatic rings. The fraction of sp³-hybridized carbons (Fsp3) is 0.368. The lowest BCUT2D eigenvalue weighted by Crippen LogP contribution is -2.02. The van der Waals surface area contributed by atoms with E-state index in [1.54, 1.807) is 19.2 Å². The van der Waals surface area contributed by atoms with Crippen molar-refractivity contribution in [3.05, 3.63) is 42.5 Å². The molecule has 0 heterocycles. The highest BCUT2D eigenvalue weighted by molar-refractivity contribution is 7.85. The maximum absolute atomic E-state index is 9.19. The zero-order valence-electron chi connectivity index (χ0n) is 16.1. The Balaban J connectivity index is 0.000000696. The molecule has 8 nitrogen and oxygen atoms in total. The molecule has 0 unspecified atom stereocenters. The zero-order valence-corrected chi connectivity index (χ0v) is 16.9. The third-order valence-electron chi connectivity index (χ3n) is 3.38. The maximum atomic E-state index is 9.19. The fourth-order valence-electron chi connectivity index (χ4n) is 2.12. The molecule has 0 atom stereocenters. The third kappa shape index (κ3) is 11.1. The first kappa shape index (κ1) is 23.4. The summed E-state index contributed by atoms with van der Waals surface area (Å²) in [5, 5.41) is 0. The molecule has 9 heteroatoms. The van der Waals surface area contributed by atoms with Crippen molar-refractivity contribution in [1.82, 2.24) is 0 Å². The molecule has 0 fully saturated rings. The molecule has 0 aliphatic carbocycles. The van der Waals surface area contributed by atoms with E-state index in [0.717, 1.165) is 36.4 Å². The van der Waals surface area contributed by atoms with Crippen molar-refractivity contribution in [2.75, 3.05) is 38.0 Å². The molecule has 5 N–H and O–H groups in total. The second kappa shape index (κ2) is 11.9. The van der Waals surface area contributed by atoms with E-state index in [9.17, 15) is 8.42 Å². The molecule has 2 aromatic carbocycles. The first-order valence-corrected chi connectivity index (χ1v) is 10.5. The summed E-state index contributed by atoms with van der Waals surface area (Å²) >= 11 is 0. The van der Waals surface area contributed by atoms with Crippen LogP contribution in [0, 0.1) is 0 Å². The van der Waals surface area contributed by atoms with Crippen molar-refractivity contribution in [3.8, 4) is 17.2 Å². The van der Waals surface area contributed by atoms with Crippen LogP contribution in [0.1, 0.15) is 19.3 Å². The maximum Gasteiger partial charge on any atom is 0.261 e. The molecule has 0 amide bonds. The quantitative estimate of drug-likeness (QED) is 0.325. The highest BCUT2D eigenvalue weighted by Crippen LogP contribution is 2.29. The van der Waals surface area contributed by atoms with Gasteiger partial charge in [0.25, 0.3) is 10.1 Å². The minimum Gasteiger partial charge on any atom is -0.494 e. The van der Waals surface area contributed by atoms with E-state index in [0.29, 0.717) is 30.9 Å². The Morgan fingerprint density at radius 2 is 1.39 bits per heavy atom. The highest BCUT2D eigenvalue weighted by Gasteiger charge is 2.04. The highest BCUT2D eigenvalue weighted by atomic mass is 32.2. The number of benzene rings is 2. The largest absolute Gasteiger partial charge is 0.494 e. The SMILES string of the molecule is COc1cc(N)ccc1OCCCCCOc1ccc(N)cc1.CS(=O)(=O)O. The summed E-state index contributed by atoms with van der Waals surface area (Å²) in [6.07, 6.45) is 3.69. The van der Waals surface area contributed by atoms with E-state index in [4.69, 9.17) is 30.2 Å². The number of hydrogen-bond acceptors (Lipinski definition) is 7. The van der Waals surface area contributed by atoms with Gasteiger partial charge >= 0.3 is 0 Å². The molecule has 0 saturated heterocycles. The smallest absolute Gasteiger partial charge is 0.261 e. The van der Waals surface area contributed by atoms with Crippen LogP contribution in [0.2, 0.25) is 0 Å². The Kier molecular flexibility index (Phi) is 9.97. The number of nitrogen functional groups attached to an aromatic ring is 2. The Labute approximate surface area is 166 Å². The van der Waals surface area contributed by atoms with Crippen molar-refractivity contribution < 1.29 is 27.2 Å². The number of ether oxygens (including phenoxy) is 3. The summed E-state index contributed by atoms with van der Waals surface area (Å²) < 4.78 is 42.5. The van der Waals surface area contributed by atoms with Gasteiger partial charge in [0.1, 0.15) is 5.75 Å². The summed E-state index contributed by atoms with van der Waals surface area (Å²) in [7, 11) is -2.06. The zero-order chi connectivity index (χ0) is 21.0. The molecule has 2 rings (SSSR count). The lowest BCUT2D eigenvalue weighted by atomic mass is 10.2. The van der Waals surface area contributed by atoms with Crippen molar-refractivity contribution in [3.63, 3.8) is 0 Å². The van der Waals surface area contributed by atoms with Crippen LogP contribution in [0.25, 0.3) is 0 Å². The van der Waals surface area contributed by atoms with Gasteiger partial charge < -0.3 is 25.7 Å². The van der Waals surface area contributed by atoms with Crippen molar-refractivity contribution >= 4 is 21.5 Å². The van der Waals surface area contributed by atoms with Crippen LogP contribution in [0.15, 0.2) is 42.5 Å². The predicted octanol–water partition coefficient (Wildman–Crippen LogP) is 2.99. The van der Waals surface area contributed by atoms with Gasteiger partial charge in [0.2, 0.25) is 0 Å². The van der Waals surface area contributed by atoms with Crippen LogP contribution in [0.4, 0.5) is 11.4 Å². The molecule has 0 spiro atoms. The third-order valence-corrected chi connectivity index (χ3v) is 3.38. The molecule has 28 heavy (non-hydrogen) atoms. The van der Waals surface area contributed by atoms with Gasteiger partial charge in [0.05, 0.1) is 26.6 Å². The van der Waals surface area contributed by atoms with E-state index in [1.165, 1.54) is 0 Å². The van der Waals surface area contributed by atoms with E-state index < -0.39 is 10.1 Å². The van der Waals surface area contributed by atoms with Crippen molar-refractivity contribution in [2.45, 2.75) is 19.3 Å². The lowest BCUT2D eigenvalue weighted by molar-refractivity contribution is 0.270. The summed E-state index contributed by atoms with van der Waals surface area (Å²) in [4.78, 5) is 0. The predicted molar refractivity (Wildman–Crippen MR) is 111 cm³/mol. The molecule has 156 valence electrons. The molecule has 0 aliphatic heterocycles. The van der Waals surface area contributed by atoms with Crippen molar-refractivity contribution in [2.24, 2.45) is 0 Å². The summed E-state index contributed by atoms with van der Waals surface area (Å²) in [5.74, 6) is 2.23. The van der Waals surface area contributed by atoms with Crippen LogP contribution in [0.3, 0.4) is 0 Å². The Morgan fingerprint density at radius 1 is 0.857 bits per heavy atom. The molecular formula is C19H28N2O6S. The van der Waals surface area contributed by atoms with Gasteiger partial charge in [-0.25, -0.2) is 0 Å². The number of methoxy groups -OCH3 is 1. The first-order chi connectivity index (χ1) is 13.2. The average molecular weight is 413 g/mol. The van der Waals surface area contributed by atoms with Gasteiger partial charge in [0, 0.05) is 17.4 Å². The number of hydrogen-bond donors (Lipinski definition) is 3. The van der Waals surface area contributed by atoms with Gasteiger partial charge in [-0.15, -0.1) is 0 Å². The molecule has 2 aromatic rings. The summed E-state index contributed by atoms with van der Waals surface area (Å²) in [5.41, 5.74) is 12.7. The summed E-state index contributed by atoms with van der Waals surface area (Å²) in [6, 6.07) is 12.8. The van der Waals surface area contributed by atoms with Gasteiger partial charge in [-0.05, 0) is 55.7 Å². The molecule has 0 aromatic heterocycles. The van der Waals surface area contributed by atoms with Crippen molar-refractivity contribution in [1.29, 1.82) is 0 Å². The minimum atomic E-state index is -3.67. The Morgan fingerprint density at radius 3 is 1.96 bits per heavy atom. The first-order valence-electron chi connectivity index (χ1n) is 8.66. The molecular weight excluding hydrogens is 384 g/mol. The fourth-order valence-corrected chi connectivity index (χ4v) is 2.12. The van der Waals surface area contributed by atoms with Crippen LogP contribution < -0.4 is 25.7 Å². The molecule has 0 radical (unpaired) electrons. The second-order valence-electron chi connectivity index (χ2n) is 5.97. The number of nitrogens with two attached hydrogens (primary N) is 2. The van der Waals surface area contributed by atoms with Gasteiger partial charge in [-0.2, -0.15) is 8.42 Å².